The maximum atomic E-state index is 11.5. The van der Waals surface area contributed by atoms with E-state index in [4.69, 9.17) is 0 Å². The Morgan fingerprint density at radius 3 is 2.56 bits per heavy atom. The molecule has 0 aromatic heterocycles. The molecule has 0 bridgehead atoms. The number of ketones is 1. The molecule has 1 aromatic carbocycles. The largest absolute Gasteiger partial charge is 0.369 e. The van der Waals surface area contributed by atoms with Crippen molar-refractivity contribution in [3.8, 4) is 0 Å². The lowest BCUT2D eigenvalue weighted by atomic mass is 10.1. The number of rotatable bonds is 3. The summed E-state index contributed by atoms with van der Waals surface area (Å²) in [5.74, 6) is 0.223. The van der Waals surface area contributed by atoms with E-state index in [2.05, 4.69) is 24.0 Å². The molecule has 86 valence electrons. The summed E-state index contributed by atoms with van der Waals surface area (Å²) in [6.45, 7) is 5.30. The molecule has 1 aromatic rings. The molecule has 0 radical (unpaired) electrons. The van der Waals surface area contributed by atoms with Gasteiger partial charge in [-0.3, -0.25) is 4.79 Å². The first kappa shape index (κ1) is 11.2. The molecule has 1 unspecified atom stereocenters. The van der Waals surface area contributed by atoms with Crippen molar-refractivity contribution in [2.24, 2.45) is 0 Å². The van der Waals surface area contributed by atoms with Gasteiger partial charge >= 0.3 is 0 Å². The van der Waals surface area contributed by atoms with Gasteiger partial charge in [0.25, 0.3) is 0 Å². The Bertz CT molecular complexity index is 369. The zero-order valence-corrected chi connectivity index (χ0v) is 10.1. The van der Waals surface area contributed by atoms with Crippen LogP contribution in [-0.2, 0) is 0 Å². The molecular formula is C14H19NO. The van der Waals surface area contributed by atoms with E-state index in [1.165, 1.54) is 18.5 Å². The Kier molecular flexibility index (Phi) is 3.28. The van der Waals surface area contributed by atoms with Gasteiger partial charge in [-0.2, -0.15) is 0 Å². The lowest BCUT2D eigenvalue weighted by Crippen LogP contribution is -2.26. The molecule has 16 heavy (non-hydrogen) atoms. The van der Waals surface area contributed by atoms with Gasteiger partial charge in [-0.1, -0.05) is 6.92 Å². The van der Waals surface area contributed by atoms with Crippen LogP contribution in [0.4, 0.5) is 5.69 Å². The van der Waals surface area contributed by atoms with E-state index >= 15 is 0 Å². The average molecular weight is 217 g/mol. The molecule has 2 nitrogen and oxygen atoms in total. The summed E-state index contributed by atoms with van der Waals surface area (Å²) in [6, 6.07) is 8.68. The fraction of sp³-hybridized carbons (Fsp3) is 0.500. The summed E-state index contributed by atoms with van der Waals surface area (Å²) in [5.41, 5.74) is 2.08. The van der Waals surface area contributed by atoms with Crippen molar-refractivity contribution >= 4 is 11.5 Å². The molecule has 0 N–H and O–H groups in total. The van der Waals surface area contributed by atoms with Crippen LogP contribution in [0.1, 0.15) is 43.5 Å². The highest BCUT2D eigenvalue weighted by Crippen LogP contribution is 2.25. The average Bonchev–Trinajstić information content (AvgIpc) is 2.75. The van der Waals surface area contributed by atoms with Crippen LogP contribution in [0.3, 0.4) is 0 Å². The summed E-state index contributed by atoms with van der Waals surface area (Å²) in [4.78, 5) is 13.9. The highest BCUT2D eigenvalue weighted by Gasteiger charge is 2.20. The lowest BCUT2D eigenvalue weighted by Gasteiger charge is -2.23. The van der Waals surface area contributed by atoms with Crippen molar-refractivity contribution < 1.29 is 4.79 Å². The molecule has 1 saturated heterocycles. The van der Waals surface area contributed by atoms with Gasteiger partial charge in [-0.25, -0.2) is 0 Å². The Labute approximate surface area is 97.3 Å². The number of carbonyl (C=O) groups excluding carboxylic acids is 1. The number of anilines is 1. The topological polar surface area (TPSA) is 20.3 Å². The fourth-order valence-corrected chi connectivity index (χ4v) is 2.36. The van der Waals surface area contributed by atoms with Crippen molar-refractivity contribution in [3.63, 3.8) is 0 Å². The first-order chi connectivity index (χ1) is 7.72. The first-order valence-electron chi connectivity index (χ1n) is 6.12. The Balaban J connectivity index is 2.16. The van der Waals surface area contributed by atoms with Crippen LogP contribution in [0.15, 0.2) is 24.3 Å². The third-order valence-electron chi connectivity index (χ3n) is 3.40. The third kappa shape index (κ3) is 2.11. The molecule has 0 amide bonds. The summed E-state index contributed by atoms with van der Waals surface area (Å²) >= 11 is 0. The van der Waals surface area contributed by atoms with Crippen molar-refractivity contribution in [1.29, 1.82) is 0 Å². The summed E-state index contributed by atoms with van der Waals surface area (Å²) < 4.78 is 0. The molecule has 1 atom stereocenters. The van der Waals surface area contributed by atoms with Crippen molar-refractivity contribution in [2.75, 3.05) is 11.4 Å². The third-order valence-corrected chi connectivity index (χ3v) is 3.40. The van der Waals surface area contributed by atoms with Crippen LogP contribution < -0.4 is 4.90 Å². The van der Waals surface area contributed by atoms with E-state index in [-0.39, 0.29) is 5.78 Å². The normalized spacial score (nSPS) is 20.1. The predicted molar refractivity (Wildman–Crippen MR) is 67.1 cm³/mol. The van der Waals surface area contributed by atoms with Crippen LogP contribution in [0.25, 0.3) is 0 Å². The minimum atomic E-state index is 0.223. The van der Waals surface area contributed by atoms with E-state index in [1.807, 2.05) is 19.1 Å². The van der Waals surface area contributed by atoms with Gasteiger partial charge in [0, 0.05) is 30.3 Å². The summed E-state index contributed by atoms with van der Waals surface area (Å²) in [7, 11) is 0. The van der Waals surface area contributed by atoms with E-state index in [1.54, 1.807) is 0 Å². The number of carbonyl (C=O) groups is 1. The van der Waals surface area contributed by atoms with E-state index < -0.39 is 0 Å². The molecule has 1 fully saturated rings. The second-order valence-electron chi connectivity index (χ2n) is 4.51. The molecule has 0 aliphatic carbocycles. The molecule has 1 aliphatic heterocycles. The Morgan fingerprint density at radius 1 is 1.38 bits per heavy atom. The zero-order chi connectivity index (χ0) is 11.5. The number of Topliss-reactive ketones (excluding diaryl/α,β-unsaturated/α-hetero) is 1. The van der Waals surface area contributed by atoms with Crippen LogP contribution in [-0.4, -0.2) is 18.4 Å². The number of hydrogen-bond acceptors (Lipinski definition) is 2. The van der Waals surface area contributed by atoms with Crippen molar-refractivity contribution in [1.82, 2.24) is 0 Å². The molecule has 1 heterocycles. The highest BCUT2D eigenvalue weighted by atomic mass is 16.1. The standard InChI is InChI=1S/C14H19NO/c1-3-14(16)12-6-8-13(9-7-12)15-10-4-5-11(15)2/h6-9,11H,3-5,10H2,1-2H3. The zero-order valence-electron chi connectivity index (χ0n) is 10.1. The first-order valence-corrected chi connectivity index (χ1v) is 6.12. The van der Waals surface area contributed by atoms with Gasteiger partial charge < -0.3 is 4.90 Å². The molecule has 0 saturated carbocycles. The minimum Gasteiger partial charge on any atom is -0.369 e. The van der Waals surface area contributed by atoms with Gasteiger partial charge in [-0.05, 0) is 44.0 Å². The second-order valence-corrected chi connectivity index (χ2v) is 4.51. The maximum absolute atomic E-state index is 11.5. The van der Waals surface area contributed by atoms with E-state index in [9.17, 15) is 4.79 Å². The van der Waals surface area contributed by atoms with E-state index in [0.717, 1.165) is 12.1 Å². The van der Waals surface area contributed by atoms with Crippen LogP contribution in [0, 0.1) is 0 Å². The molecule has 2 heteroatoms. The monoisotopic (exact) mass is 217 g/mol. The quantitative estimate of drug-likeness (QED) is 0.724. The maximum Gasteiger partial charge on any atom is 0.162 e. The smallest absolute Gasteiger partial charge is 0.162 e. The Morgan fingerprint density at radius 2 is 2.06 bits per heavy atom. The van der Waals surface area contributed by atoms with Gasteiger partial charge in [0.2, 0.25) is 0 Å². The minimum absolute atomic E-state index is 0.223. The lowest BCUT2D eigenvalue weighted by molar-refractivity contribution is 0.0988. The van der Waals surface area contributed by atoms with Gasteiger partial charge in [-0.15, -0.1) is 0 Å². The molecule has 2 rings (SSSR count). The number of hydrogen-bond donors (Lipinski definition) is 0. The van der Waals surface area contributed by atoms with Crippen LogP contribution in [0.2, 0.25) is 0 Å². The highest BCUT2D eigenvalue weighted by molar-refractivity contribution is 5.96. The number of nitrogens with zero attached hydrogens (tertiary/aromatic N) is 1. The molecular weight excluding hydrogens is 198 g/mol. The summed E-state index contributed by atoms with van der Waals surface area (Å²) in [6.07, 6.45) is 3.13. The van der Waals surface area contributed by atoms with Crippen molar-refractivity contribution in [3.05, 3.63) is 29.8 Å². The fourth-order valence-electron chi connectivity index (χ4n) is 2.36. The SMILES string of the molecule is CCC(=O)c1ccc(N2CCCC2C)cc1. The van der Waals surface area contributed by atoms with Crippen LogP contribution >= 0.6 is 0 Å². The Hall–Kier alpha value is -1.31. The van der Waals surface area contributed by atoms with Crippen molar-refractivity contribution in [2.45, 2.75) is 39.2 Å². The number of benzene rings is 1. The second kappa shape index (κ2) is 4.69. The van der Waals surface area contributed by atoms with Crippen LogP contribution in [0.5, 0.6) is 0 Å². The van der Waals surface area contributed by atoms with Gasteiger partial charge in [0.05, 0.1) is 0 Å². The van der Waals surface area contributed by atoms with Gasteiger partial charge in [0.15, 0.2) is 5.78 Å². The van der Waals surface area contributed by atoms with Gasteiger partial charge in [0.1, 0.15) is 0 Å². The van der Waals surface area contributed by atoms with E-state index in [0.29, 0.717) is 12.5 Å². The summed E-state index contributed by atoms with van der Waals surface area (Å²) in [5, 5.41) is 0. The molecule has 0 spiro atoms. The molecule has 1 aliphatic rings. The predicted octanol–water partition coefficient (Wildman–Crippen LogP) is 3.27.